The minimum atomic E-state index is -3.64. The van der Waals surface area contributed by atoms with Crippen molar-refractivity contribution >= 4 is 16.2 Å². The third kappa shape index (κ3) is 2.65. The minimum Gasteiger partial charge on any atom is -0.493 e. The molecule has 1 aromatic carbocycles. The second-order valence-corrected chi connectivity index (χ2v) is 8.14. The zero-order chi connectivity index (χ0) is 18.3. The van der Waals surface area contributed by atoms with Crippen molar-refractivity contribution in [2.24, 2.45) is 4.99 Å². The van der Waals surface area contributed by atoms with E-state index in [0.29, 0.717) is 37.6 Å². The first kappa shape index (κ1) is 17.0. The van der Waals surface area contributed by atoms with E-state index in [2.05, 4.69) is 9.98 Å². The van der Waals surface area contributed by atoms with Gasteiger partial charge in [-0.3, -0.25) is 9.98 Å². The van der Waals surface area contributed by atoms with E-state index >= 15 is 0 Å². The van der Waals surface area contributed by atoms with Gasteiger partial charge in [0, 0.05) is 37.1 Å². The molecule has 0 atom stereocenters. The Labute approximate surface area is 152 Å². The summed E-state index contributed by atoms with van der Waals surface area (Å²) >= 11 is 0. The highest BCUT2D eigenvalue weighted by atomic mass is 32.2. The van der Waals surface area contributed by atoms with Crippen molar-refractivity contribution in [3.8, 4) is 11.5 Å². The number of ether oxygens (including phenoxy) is 2. The zero-order valence-electron chi connectivity index (χ0n) is 14.6. The number of fused-ring (bicyclic) bond motifs is 3. The molecule has 0 fully saturated rings. The molecule has 0 saturated carbocycles. The zero-order valence-corrected chi connectivity index (χ0v) is 15.4. The van der Waals surface area contributed by atoms with Crippen molar-refractivity contribution in [1.29, 1.82) is 0 Å². The Morgan fingerprint density at radius 1 is 1.15 bits per heavy atom. The summed E-state index contributed by atoms with van der Waals surface area (Å²) in [5, 5.41) is 0. The number of hydrogen-bond donors (Lipinski definition) is 0. The van der Waals surface area contributed by atoms with Crippen LogP contribution in [0.25, 0.3) is 0 Å². The number of nitrogens with zero attached hydrogens (tertiary/aromatic N) is 3. The number of aliphatic imine (C=N–C) groups is 1. The van der Waals surface area contributed by atoms with Gasteiger partial charge in [-0.25, -0.2) is 8.42 Å². The van der Waals surface area contributed by atoms with Crippen LogP contribution < -0.4 is 9.47 Å². The molecule has 0 aliphatic carbocycles. The molecule has 0 N–H and O–H groups in total. The van der Waals surface area contributed by atoms with Gasteiger partial charge in [0.2, 0.25) is 10.0 Å². The van der Waals surface area contributed by atoms with E-state index in [9.17, 15) is 8.42 Å². The number of pyridine rings is 1. The van der Waals surface area contributed by atoms with Crippen molar-refractivity contribution in [1.82, 2.24) is 9.29 Å². The predicted octanol–water partition coefficient (Wildman–Crippen LogP) is 1.78. The smallest absolute Gasteiger partial charge is 0.243 e. The number of benzene rings is 1. The maximum Gasteiger partial charge on any atom is 0.243 e. The number of hydrogen-bond acceptors (Lipinski definition) is 6. The summed E-state index contributed by atoms with van der Waals surface area (Å²) in [4.78, 5) is 8.88. The van der Waals surface area contributed by atoms with Crippen molar-refractivity contribution in [2.45, 2.75) is 24.4 Å². The molecular formula is C18H19N3O4S. The maximum absolute atomic E-state index is 13.1. The van der Waals surface area contributed by atoms with Gasteiger partial charge in [-0.05, 0) is 29.7 Å². The van der Waals surface area contributed by atoms with Gasteiger partial charge >= 0.3 is 0 Å². The fourth-order valence-electron chi connectivity index (χ4n) is 3.42. The van der Waals surface area contributed by atoms with Gasteiger partial charge in [0.15, 0.2) is 11.5 Å². The molecule has 26 heavy (non-hydrogen) atoms. The largest absolute Gasteiger partial charge is 0.493 e. The maximum atomic E-state index is 13.1. The first-order valence-electron chi connectivity index (χ1n) is 8.26. The van der Waals surface area contributed by atoms with Crippen LogP contribution in [0.3, 0.4) is 0 Å². The molecule has 4 rings (SSSR count). The molecule has 0 unspecified atom stereocenters. The Balaban J connectivity index is 1.67. The Kier molecular flexibility index (Phi) is 4.16. The molecule has 136 valence electrons. The highest BCUT2D eigenvalue weighted by Gasteiger charge is 2.31. The summed E-state index contributed by atoms with van der Waals surface area (Å²) < 4.78 is 38.1. The number of sulfonamides is 1. The highest BCUT2D eigenvalue weighted by Crippen LogP contribution is 2.33. The van der Waals surface area contributed by atoms with Crippen LogP contribution in [0.4, 0.5) is 0 Å². The summed E-state index contributed by atoms with van der Waals surface area (Å²) in [6.45, 7) is 1.34. The Hall–Kier alpha value is -2.45. The van der Waals surface area contributed by atoms with Gasteiger partial charge in [-0.15, -0.1) is 0 Å². The topological polar surface area (TPSA) is 81.1 Å². The number of methoxy groups -OCH3 is 2. The standard InChI is InChI=1S/C18H19N3O4S/c1-24-17-4-3-13(7-18(17)25-2)26(22,23)21-6-5-14-12(11-21)8-20-16-10-19-9-15(14)16/h3-4,7-9H,5-6,10-11H2,1-2H3. The van der Waals surface area contributed by atoms with E-state index in [1.54, 1.807) is 18.3 Å². The van der Waals surface area contributed by atoms with E-state index in [1.165, 1.54) is 24.6 Å². The Morgan fingerprint density at radius 3 is 2.73 bits per heavy atom. The quantitative estimate of drug-likeness (QED) is 0.816. The second kappa shape index (κ2) is 6.37. The van der Waals surface area contributed by atoms with Crippen LogP contribution in [0.2, 0.25) is 0 Å². The lowest BCUT2D eigenvalue weighted by Crippen LogP contribution is -2.36. The van der Waals surface area contributed by atoms with E-state index in [0.717, 1.165) is 22.4 Å². The second-order valence-electron chi connectivity index (χ2n) is 6.20. The summed E-state index contributed by atoms with van der Waals surface area (Å²) in [6, 6.07) is 4.64. The summed E-state index contributed by atoms with van der Waals surface area (Å²) in [5.41, 5.74) is 4.13. The molecular weight excluding hydrogens is 354 g/mol. The van der Waals surface area contributed by atoms with Gasteiger partial charge in [0.05, 0.1) is 31.4 Å². The molecule has 0 bridgehead atoms. The lowest BCUT2D eigenvalue weighted by molar-refractivity contribution is 0.353. The predicted molar refractivity (Wildman–Crippen MR) is 96.4 cm³/mol. The average molecular weight is 373 g/mol. The van der Waals surface area contributed by atoms with Crippen molar-refractivity contribution in [3.05, 3.63) is 46.8 Å². The Bertz CT molecular complexity index is 1000. The minimum absolute atomic E-state index is 0.189. The molecule has 2 aliphatic heterocycles. The van der Waals surface area contributed by atoms with Crippen LogP contribution in [0, 0.1) is 0 Å². The number of rotatable bonds is 4. The molecule has 0 saturated heterocycles. The summed E-state index contributed by atoms with van der Waals surface area (Å²) in [7, 11) is -0.639. The lowest BCUT2D eigenvalue weighted by atomic mass is 9.97. The van der Waals surface area contributed by atoms with Crippen molar-refractivity contribution in [2.75, 3.05) is 20.8 Å². The first-order valence-corrected chi connectivity index (χ1v) is 9.70. The third-order valence-electron chi connectivity index (χ3n) is 4.81. The van der Waals surface area contributed by atoms with Crippen LogP contribution in [0.1, 0.15) is 22.4 Å². The SMILES string of the molecule is COc1ccc(S(=O)(=O)N2CCc3c(cnc4c3C=NC4)C2)cc1OC. The van der Waals surface area contributed by atoms with E-state index < -0.39 is 10.0 Å². The van der Waals surface area contributed by atoms with Crippen molar-refractivity contribution < 1.29 is 17.9 Å². The van der Waals surface area contributed by atoms with Crippen LogP contribution in [0.5, 0.6) is 11.5 Å². The molecule has 0 radical (unpaired) electrons. The van der Waals surface area contributed by atoms with E-state index in [-0.39, 0.29) is 4.90 Å². The Morgan fingerprint density at radius 2 is 1.96 bits per heavy atom. The lowest BCUT2D eigenvalue weighted by Gasteiger charge is -2.29. The molecule has 2 aromatic rings. The average Bonchev–Trinajstić information content (AvgIpc) is 3.16. The normalized spacial score (nSPS) is 16.2. The molecule has 0 spiro atoms. The monoisotopic (exact) mass is 373 g/mol. The first-order chi connectivity index (χ1) is 12.5. The van der Waals surface area contributed by atoms with E-state index in [1.807, 2.05) is 6.21 Å². The molecule has 3 heterocycles. The number of aromatic nitrogens is 1. The molecule has 1 aromatic heterocycles. The van der Waals surface area contributed by atoms with Gasteiger partial charge in [0.25, 0.3) is 0 Å². The van der Waals surface area contributed by atoms with Gasteiger partial charge in [-0.2, -0.15) is 4.31 Å². The summed E-state index contributed by atoms with van der Waals surface area (Å²) in [6.07, 6.45) is 4.28. The molecule has 2 aliphatic rings. The summed E-state index contributed by atoms with van der Waals surface area (Å²) in [5.74, 6) is 0.885. The molecule has 0 amide bonds. The third-order valence-corrected chi connectivity index (χ3v) is 6.65. The molecule has 8 heteroatoms. The van der Waals surface area contributed by atoms with Gasteiger partial charge < -0.3 is 9.47 Å². The van der Waals surface area contributed by atoms with Crippen LogP contribution >= 0.6 is 0 Å². The fourth-order valence-corrected chi connectivity index (χ4v) is 4.86. The van der Waals surface area contributed by atoms with Gasteiger partial charge in [0.1, 0.15) is 0 Å². The highest BCUT2D eigenvalue weighted by molar-refractivity contribution is 7.89. The van der Waals surface area contributed by atoms with Crippen LogP contribution in [-0.4, -0.2) is 44.7 Å². The van der Waals surface area contributed by atoms with Crippen LogP contribution in [-0.2, 0) is 29.5 Å². The van der Waals surface area contributed by atoms with Crippen molar-refractivity contribution in [3.63, 3.8) is 0 Å². The van der Waals surface area contributed by atoms with Crippen LogP contribution in [0.15, 0.2) is 34.3 Å². The van der Waals surface area contributed by atoms with E-state index in [4.69, 9.17) is 9.47 Å². The fraction of sp³-hybridized carbons (Fsp3) is 0.333. The molecule has 7 nitrogen and oxygen atoms in total. The van der Waals surface area contributed by atoms with Gasteiger partial charge in [-0.1, -0.05) is 0 Å².